The van der Waals surface area contributed by atoms with Crippen molar-refractivity contribution in [2.45, 2.75) is 25.4 Å². The number of urea groups is 1. The molecule has 7 heteroatoms. The second-order valence-electron chi connectivity index (χ2n) is 4.56. The summed E-state index contributed by atoms with van der Waals surface area (Å²) >= 11 is 0. The molecule has 6 nitrogen and oxygen atoms in total. The summed E-state index contributed by atoms with van der Waals surface area (Å²) in [5, 5.41) is 14.0. The fourth-order valence-electron chi connectivity index (χ4n) is 1.72. The SMILES string of the molecule is COCCC(NC(=O)NC(C)c1ccc(F)cc1)C(=O)O. The Labute approximate surface area is 122 Å². The Bertz CT molecular complexity index is 478. The zero-order valence-corrected chi connectivity index (χ0v) is 11.9. The van der Waals surface area contributed by atoms with Crippen molar-refractivity contribution in [1.29, 1.82) is 0 Å². The van der Waals surface area contributed by atoms with Crippen molar-refractivity contribution in [2.75, 3.05) is 13.7 Å². The molecule has 21 heavy (non-hydrogen) atoms. The molecule has 0 saturated heterocycles. The molecule has 0 spiro atoms. The van der Waals surface area contributed by atoms with E-state index in [-0.39, 0.29) is 24.9 Å². The number of carboxylic acids is 1. The Kier molecular flexibility index (Phi) is 6.61. The quantitative estimate of drug-likeness (QED) is 0.714. The summed E-state index contributed by atoms with van der Waals surface area (Å²) in [5.74, 6) is -1.49. The van der Waals surface area contributed by atoms with Gasteiger partial charge >= 0.3 is 12.0 Å². The Morgan fingerprint density at radius 2 is 1.90 bits per heavy atom. The number of rotatable bonds is 7. The number of benzene rings is 1. The van der Waals surface area contributed by atoms with Gasteiger partial charge in [0.15, 0.2) is 0 Å². The van der Waals surface area contributed by atoms with E-state index in [4.69, 9.17) is 9.84 Å². The molecule has 0 fully saturated rings. The summed E-state index contributed by atoms with van der Waals surface area (Å²) in [6.45, 7) is 1.95. The molecule has 116 valence electrons. The molecular formula is C14H19FN2O4. The van der Waals surface area contributed by atoms with Crippen LogP contribution in [0.1, 0.15) is 24.9 Å². The minimum Gasteiger partial charge on any atom is -0.480 e. The van der Waals surface area contributed by atoms with Gasteiger partial charge in [0, 0.05) is 20.1 Å². The standard InChI is InChI=1S/C14H19FN2O4/c1-9(10-3-5-11(15)6-4-10)16-14(20)17-12(13(18)19)7-8-21-2/h3-6,9,12H,7-8H2,1-2H3,(H,18,19)(H2,16,17,20). The predicted octanol–water partition coefficient (Wildman–Crippen LogP) is 1.68. The molecule has 2 atom stereocenters. The van der Waals surface area contributed by atoms with E-state index in [0.717, 1.165) is 5.56 Å². The molecule has 0 bridgehead atoms. The van der Waals surface area contributed by atoms with E-state index < -0.39 is 18.0 Å². The number of nitrogens with one attached hydrogen (secondary N) is 2. The van der Waals surface area contributed by atoms with Crippen molar-refractivity contribution >= 4 is 12.0 Å². The van der Waals surface area contributed by atoms with Crippen LogP contribution in [0.4, 0.5) is 9.18 Å². The number of ether oxygens (including phenoxy) is 1. The van der Waals surface area contributed by atoms with Crippen LogP contribution in [0.25, 0.3) is 0 Å². The molecule has 2 amide bonds. The first-order chi connectivity index (χ1) is 9.93. The first-order valence-corrected chi connectivity index (χ1v) is 6.48. The molecule has 0 aliphatic heterocycles. The van der Waals surface area contributed by atoms with Crippen LogP contribution in [0.3, 0.4) is 0 Å². The predicted molar refractivity (Wildman–Crippen MR) is 74.4 cm³/mol. The average molecular weight is 298 g/mol. The highest BCUT2D eigenvalue weighted by atomic mass is 19.1. The van der Waals surface area contributed by atoms with E-state index in [9.17, 15) is 14.0 Å². The number of methoxy groups -OCH3 is 1. The van der Waals surface area contributed by atoms with Crippen molar-refractivity contribution < 1.29 is 23.8 Å². The highest BCUT2D eigenvalue weighted by Crippen LogP contribution is 2.12. The topological polar surface area (TPSA) is 87.7 Å². The number of carbonyl (C=O) groups is 2. The van der Waals surface area contributed by atoms with Gasteiger partial charge in [0.25, 0.3) is 0 Å². The second kappa shape index (κ2) is 8.21. The van der Waals surface area contributed by atoms with Crippen LogP contribution in [0.2, 0.25) is 0 Å². The summed E-state index contributed by atoms with van der Waals surface area (Å²) in [6, 6.07) is 3.71. The fourth-order valence-corrected chi connectivity index (χ4v) is 1.72. The number of halogens is 1. The highest BCUT2D eigenvalue weighted by molar-refractivity contribution is 5.82. The van der Waals surface area contributed by atoms with Crippen molar-refractivity contribution in [3.63, 3.8) is 0 Å². The molecule has 3 N–H and O–H groups in total. The molecular weight excluding hydrogens is 279 g/mol. The molecule has 0 heterocycles. The number of hydrogen-bond acceptors (Lipinski definition) is 3. The lowest BCUT2D eigenvalue weighted by Crippen LogP contribution is -2.47. The molecule has 0 aliphatic carbocycles. The first-order valence-electron chi connectivity index (χ1n) is 6.48. The average Bonchev–Trinajstić information content (AvgIpc) is 2.43. The maximum Gasteiger partial charge on any atom is 0.326 e. The van der Waals surface area contributed by atoms with Gasteiger partial charge in [0.2, 0.25) is 0 Å². The monoisotopic (exact) mass is 298 g/mol. The minimum atomic E-state index is -1.13. The van der Waals surface area contributed by atoms with Crippen molar-refractivity contribution in [3.05, 3.63) is 35.6 Å². The fraction of sp³-hybridized carbons (Fsp3) is 0.429. The van der Waals surface area contributed by atoms with Gasteiger partial charge in [0.05, 0.1) is 6.04 Å². The van der Waals surface area contributed by atoms with Gasteiger partial charge in [-0.25, -0.2) is 14.0 Å². The van der Waals surface area contributed by atoms with Gasteiger partial charge < -0.3 is 20.5 Å². The molecule has 0 radical (unpaired) electrons. The van der Waals surface area contributed by atoms with E-state index in [1.165, 1.54) is 19.2 Å². The van der Waals surface area contributed by atoms with Gasteiger partial charge in [-0.05, 0) is 24.6 Å². The van der Waals surface area contributed by atoms with Gasteiger partial charge in [-0.1, -0.05) is 12.1 Å². The molecule has 1 aromatic carbocycles. The third kappa shape index (κ3) is 5.78. The van der Waals surface area contributed by atoms with Crippen LogP contribution >= 0.6 is 0 Å². The van der Waals surface area contributed by atoms with E-state index in [1.807, 2.05) is 0 Å². The third-order valence-electron chi connectivity index (χ3n) is 2.93. The minimum absolute atomic E-state index is 0.171. The summed E-state index contributed by atoms with van der Waals surface area (Å²) < 4.78 is 17.6. The lowest BCUT2D eigenvalue weighted by molar-refractivity contribution is -0.139. The third-order valence-corrected chi connectivity index (χ3v) is 2.93. The van der Waals surface area contributed by atoms with Gasteiger partial charge in [-0.15, -0.1) is 0 Å². The van der Waals surface area contributed by atoms with Crippen LogP contribution < -0.4 is 10.6 Å². The summed E-state index contributed by atoms with van der Waals surface area (Å²) in [5.41, 5.74) is 0.718. The normalized spacial score (nSPS) is 13.3. The number of carboxylic acid groups (broad SMARTS) is 1. The molecule has 0 aromatic heterocycles. The zero-order chi connectivity index (χ0) is 15.8. The van der Waals surface area contributed by atoms with Crippen LogP contribution in [-0.2, 0) is 9.53 Å². The number of amides is 2. The second-order valence-corrected chi connectivity index (χ2v) is 4.56. The maximum absolute atomic E-state index is 12.8. The Hall–Kier alpha value is -2.15. The molecule has 2 unspecified atom stereocenters. The van der Waals surface area contributed by atoms with Crippen LogP contribution in [0.5, 0.6) is 0 Å². The van der Waals surface area contributed by atoms with E-state index in [1.54, 1.807) is 19.1 Å². The van der Waals surface area contributed by atoms with Crippen LogP contribution in [0.15, 0.2) is 24.3 Å². The smallest absolute Gasteiger partial charge is 0.326 e. The van der Waals surface area contributed by atoms with E-state index in [2.05, 4.69) is 10.6 Å². The van der Waals surface area contributed by atoms with Gasteiger partial charge in [-0.2, -0.15) is 0 Å². The summed E-state index contributed by atoms with van der Waals surface area (Å²) in [4.78, 5) is 22.8. The Morgan fingerprint density at radius 3 is 2.43 bits per heavy atom. The summed E-state index contributed by atoms with van der Waals surface area (Å²) in [7, 11) is 1.45. The van der Waals surface area contributed by atoms with Crippen molar-refractivity contribution in [2.24, 2.45) is 0 Å². The number of carbonyl (C=O) groups excluding carboxylic acids is 1. The first kappa shape index (κ1) is 16.9. The molecule has 0 aliphatic rings. The van der Waals surface area contributed by atoms with Gasteiger partial charge in [0.1, 0.15) is 11.9 Å². The number of aliphatic carboxylic acids is 1. The lowest BCUT2D eigenvalue weighted by Gasteiger charge is -2.18. The lowest BCUT2D eigenvalue weighted by atomic mass is 10.1. The van der Waals surface area contributed by atoms with E-state index in [0.29, 0.717) is 0 Å². The van der Waals surface area contributed by atoms with E-state index >= 15 is 0 Å². The Balaban J connectivity index is 2.54. The summed E-state index contributed by atoms with van der Waals surface area (Å²) in [6.07, 6.45) is 0.171. The zero-order valence-electron chi connectivity index (χ0n) is 11.9. The number of hydrogen-bond donors (Lipinski definition) is 3. The van der Waals surface area contributed by atoms with Gasteiger partial charge in [-0.3, -0.25) is 0 Å². The Morgan fingerprint density at radius 1 is 1.29 bits per heavy atom. The van der Waals surface area contributed by atoms with Crippen molar-refractivity contribution in [1.82, 2.24) is 10.6 Å². The maximum atomic E-state index is 12.8. The van der Waals surface area contributed by atoms with Crippen LogP contribution in [-0.4, -0.2) is 36.9 Å². The molecule has 0 saturated carbocycles. The van der Waals surface area contributed by atoms with Crippen LogP contribution in [0, 0.1) is 5.82 Å². The highest BCUT2D eigenvalue weighted by Gasteiger charge is 2.20. The molecule has 1 rings (SSSR count). The van der Waals surface area contributed by atoms with Crippen molar-refractivity contribution in [3.8, 4) is 0 Å². The largest absolute Gasteiger partial charge is 0.480 e. The molecule has 1 aromatic rings.